The zero-order valence-electron chi connectivity index (χ0n) is 24.8. The summed E-state index contributed by atoms with van der Waals surface area (Å²) >= 11 is 0. The Labute approximate surface area is 233 Å². The Morgan fingerprint density at radius 2 is 1.87 bits per heavy atom. The van der Waals surface area contributed by atoms with Gasteiger partial charge in [-0.3, -0.25) is 4.99 Å². The zero-order valence-corrected chi connectivity index (χ0v) is 24.8. The summed E-state index contributed by atoms with van der Waals surface area (Å²) in [5.41, 5.74) is 8.74. The maximum atomic E-state index is 4.53. The van der Waals surface area contributed by atoms with Crippen molar-refractivity contribution in [2.75, 3.05) is 38.6 Å². The quantitative estimate of drug-likeness (QED) is 0.118. The van der Waals surface area contributed by atoms with Crippen LogP contribution in [-0.4, -0.2) is 44.8 Å². The first-order chi connectivity index (χ1) is 18.2. The molecular weight excluding hydrogens is 462 g/mol. The predicted octanol–water partition coefficient (Wildman–Crippen LogP) is 8.73. The Bertz CT molecular complexity index is 1050. The van der Waals surface area contributed by atoms with E-state index in [9.17, 15) is 0 Å². The molecule has 0 saturated heterocycles. The summed E-state index contributed by atoms with van der Waals surface area (Å²) < 4.78 is 0. The summed E-state index contributed by atoms with van der Waals surface area (Å²) in [6.07, 6.45) is 18.6. The number of aliphatic imine (C=N–C) groups is 1. The number of aryl methyl sites for hydroxylation is 1. The lowest BCUT2D eigenvalue weighted by Gasteiger charge is -2.28. The molecule has 0 aliphatic heterocycles. The number of hydrogen-bond donors (Lipinski definition) is 0. The highest BCUT2D eigenvalue weighted by Gasteiger charge is 2.16. The first-order valence-electron chi connectivity index (χ1n) is 14.3. The smallest absolute Gasteiger partial charge is 0.0422 e. The van der Waals surface area contributed by atoms with Gasteiger partial charge < -0.3 is 9.80 Å². The van der Waals surface area contributed by atoms with E-state index in [1.807, 2.05) is 13.1 Å². The third-order valence-electron chi connectivity index (χ3n) is 7.24. The molecule has 0 aromatic heterocycles. The molecule has 206 valence electrons. The summed E-state index contributed by atoms with van der Waals surface area (Å²) in [5, 5.41) is 0. The van der Waals surface area contributed by atoms with Gasteiger partial charge in [0.15, 0.2) is 0 Å². The van der Waals surface area contributed by atoms with Crippen molar-refractivity contribution in [1.29, 1.82) is 0 Å². The third kappa shape index (κ3) is 10.7. The lowest BCUT2D eigenvalue weighted by Crippen LogP contribution is -2.26. The average molecular weight is 514 g/mol. The molecule has 0 bridgehead atoms. The van der Waals surface area contributed by atoms with E-state index in [2.05, 4.69) is 111 Å². The number of allylic oxidation sites excluding steroid dienone is 6. The summed E-state index contributed by atoms with van der Waals surface area (Å²) in [4.78, 5) is 9.09. The SMILES string of the molecule is C=C(C)CCCN(CCCc1cccc(N(C)C)c1)C(=C)C(=C)/C=C(\CCN=CC)C1C=CC(CC)=CC1. The highest BCUT2D eigenvalue weighted by molar-refractivity contribution is 5.53. The first kappa shape index (κ1) is 31.1. The number of rotatable bonds is 17. The summed E-state index contributed by atoms with van der Waals surface area (Å²) in [6.45, 7) is 22.2. The molecule has 1 aliphatic carbocycles. The lowest BCUT2D eigenvalue weighted by molar-refractivity contribution is 0.342. The first-order valence-corrected chi connectivity index (χ1v) is 14.3. The fraction of sp³-hybridized carbons (Fsp3) is 0.457. The molecule has 0 N–H and O–H groups in total. The summed E-state index contributed by atoms with van der Waals surface area (Å²) in [5.74, 6) is 0.405. The van der Waals surface area contributed by atoms with Crippen molar-refractivity contribution in [3.05, 3.63) is 102 Å². The molecule has 0 spiro atoms. The Hall–Kier alpha value is -3.07. The van der Waals surface area contributed by atoms with Crippen LogP contribution in [0.4, 0.5) is 5.69 Å². The molecule has 0 saturated carbocycles. The van der Waals surface area contributed by atoms with Crippen LogP contribution in [0.15, 0.2) is 101 Å². The van der Waals surface area contributed by atoms with Crippen molar-refractivity contribution >= 4 is 11.9 Å². The van der Waals surface area contributed by atoms with Gasteiger partial charge in [0.2, 0.25) is 0 Å². The van der Waals surface area contributed by atoms with Gasteiger partial charge in [-0.05, 0) is 88.3 Å². The molecule has 0 fully saturated rings. The third-order valence-corrected chi connectivity index (χ3v) is 7.24. The average Bonchev–Trinajstić information content (AvgIpc) is 2.91. The van der Waals surface area contributed by atoms with E-state index in [-0.39, 0.29) is 0 Å². The summed E-state index contributed by atoms with van der Waals surface area (Å²) in [6, 6.07) is 8.85. The van der Waals surface area contributed by atoms with E-state index in [1.165, 1.54) is 28.0 Å². The minimum absolute atomic E-state index is 0.405. The van der Waals surface area contributed by atoms with Gasteiger partial charge in [-0.15, -0.1) is 6.58 Å². The zero-order chi connectivity index (χ0) is 27.9. The fourth-order valence-electron chi connectivity index (χ4n) is 4.82. The van der Waals surface area contributed by atoms with Crippen LogP contribution in [0.3, 0.4) is 0 Å². The van der Waals surface area contributed by atoms with E-state index >= 15 is 0 Å². The maximum Gasteiger partial charge on any atom is 0.0422 e. The van der Waals surface area contributed by atoms with E-state index in [1.54, 1.807) is 0 Å². The molecule has 2 rings (SSSR count). The van der Waals surface area contributed by atoms with E-state index in [0.29, 0.717) is 5.92 Å². The molecule has 3 heteroatoms. The van der Waals surface area contributed by atoms with Crippen LogP contribution < -0.4 is 4.90 Å². The van der Waals surface area contributed by atoms with E-state index in [0.717, 1.165) is 75.9 Å². The van der Waals surface area contributed by atoms with E-state index in [4.69, 9.17) is 0 Å². The predicted molar refractivity (Wildman–Crippen MR) is 170 cm³/mol. The van der Waals surface area contributed by atoms with Crippen molar-refractivity contribution in [2.45, 2.75) is 65.7 Å². The van der Waals surface area contributed by atoms with Gasteiger partial charge in [-0.25, -0.2) is 0 Å². The largest absolute Gasteiger partial charge is 0.378 e. The Morgan fingerprint density at radius 1 is 1.11 bits per heavy atom. The molecule has 0 heterocycles. The molecule has 1 aromatic rings. The van der Waals surface area contributed by atoms with Crippen LogP contribution >= 0.6 is 0 Å². The minimum Gasteiger partial charge on any atom is -0.378 e. The monoisotopic (exact) mass is 513 g/mol. The molecule has 1 aromatic carbocycles. The standard InChI is InChI=1S/C35H51N3/c1-9-31-18-20-33(21-19-31)34(22-23-36-10-2)26-29(5)30(6)38(24-12-14-28(3)4)25-13-16-32-15-11-17-35(27-32)37(7)8/h10-11,15,17-20,26-27,33H,3,5-6,9,12-14,16,21-25H2,1-2,4,7-8H3/b34-26+,36-10?. The molecule has 0 radical (unpaired) electrons. The molecule has 1 unspecified atom stereocenters. The van der Waals surface area contributed by atoms with Crippen molar-refractivity contribution in [2.24, 2.45) is 10.9 Å². The van der Waals surface area contributed by atoms with Gasteiger partial charge in [0.05, 0.1) is 0 Å². The summed E-state index contributed by atoms with van der Waals surface area (Å²) in [7, 11) is 4.19. The second kappa shape index (κ2) is 16.7. The van der Waals surface area contributed by atoms with Crippen molar-refractivity contribution in [3.8, 4) is 0 Å². The van der Waals surface area contributed by atoms with Crippen LogP contribution in [0.2, 0.25) is 0 Å². The van der Waals surface area contributed by atoms with Gasteiger partial charge in [0.25, 0.3) is 0 Å². The van der Waals surface area contributed by atoms with Gasteiger partial charge in [0, 0.05) is 51.0 Å². The number of benzene rings is 1. The van der Waals surface area contributed by atoms with Gasteiger partial charge in [0.1, 0.15) is 0 Å². The topological polar surface area (TPSA) is 18.8 Å². The Kier molecular flexibility index (Phi) is 13.7. The van der Waals surface area contributed by atoms with Crippen molar-refractivity contribution in [1.82, 2.24) is 4.90 Å². The van der Waals surface area contributed by atoms with Gasteiger partial charge in [-0.1, -0.05) is 73.2 Å². The Balaban J connectivity index is 2.14. The van der Waals surface area contributed by atoms with Crippen molar-refractivity contribution in [3.63, 3.8) is 0 Å². The lowest BCUT2D eigenvalue weighted by atomic mass is 9.86. The number of anilines is 1. The van der Waals surface area contributed by atoms with E-state index < -0.39 is 0 Å². The molecule has 1 aliphatic rings. The number of nitrogens with zero attached hydrogens (tertiary/aromatic N) is 3. The van der Waals surface area contributed by atoms with Crippen LogP contribution in [0.5, 0.6) is 0 Å². The highest BCUT2D eigenvalue weighted by Crippen LogP contribution is 2.29. The second-order valence-electron chi connectivity index (χ2n) is 10.7. The van der Waals surface area contributed by atoms with Crippen LogP contribution in [0.25, 0.3) is 0 Å². The number of hydrogen-bond acceptors (Lipinski definition) is 3. The second-order valence-corrected chi connectivity index (χ2v) is 10.7. The van der Waals surface area contributed by atoms with Crippen LogP contribution in [0, 0.1) is 5.92 Å². The molecular formula is C35H51N3. The highest BCUT2D eigenvalue weighted by atomic mass is 15.1. The fourth-order valence-corrected chi connectivity index (χ4v) is 4.82. The van der Waals surface area contributed by atoms with Gasteiger partial charge in [-0.2, -0.15) is 0 Å². The normalized spacial score (nSPS) is 15.4. The molecule has 1 atom stereocenters. The molecule has 0 amide bonds. The van der Waals surface area contributed by atoms with Gasteiger partial charge >= 0.3 is 0 Å². The molecule has 3 nitrogen and oxygen atoms in total. The van der Waals surface area contributed by atoms with Crippen molar-refractivity contribution < 1.29 is 0 Å². The molecule has 38 heavy (non-hydrogen) atoms. The Morgan fingerprint density at radius 3 is 2.50 bits per heavy atom. The minimum atomic E-state index is 0.405. The van der Waals surface area contributed by atoms with Crippen LogP contribution in [-0.2, 0) is 6.42 Å². The van der Waals surface area contributed by atoms with Crippen LogP contribution in [0.1, 0.15) is 64.9 Å². The maximum absolute atomic E-state index is 4.53.